The molecule has 3 saturated heterocycles. The zero-order chi connectivity index (χ0) is 19.6. The van der Waals surface area contributed by atoms with Crippen molar-refractivity contribution >= 4 is 17.8 Å². The van der Waals surface area contributed by atoms with Crippen LogP contribution in [0.5, 0.6) is 0 Å². The molecule has 0 unspecified atom stereocenters. The van der Waals surface area contributed by atoms with Gasteiger partial charge in [-0.25, -0.2) is 4.79 Å². The van der Waals surface area contributed by atoms with E-state index >= 15 is 0 Å². The minimum Gasteiger partial charge on any atom is -0.378 e. The van der Waals surface area contributed by atoms with Crippen LogP contribution in [0.3, 0.4) is 0 Å². The molecule has 0 aliphatic carbocycles. The van der Waals surface area contributed by atoms with Gasteiger partial charge in [-0.15, -0.1) is 0 Å². The molecule has 3 aliphatic heterocycles. The van der Waals surface area contributed by atoms with Crippen molar-refractivity contribution in [3.63, 3.8) is 0 Å². The number of carbonyl (C=O) groups excluding carboxylic acids is 3. The number of likely N-dealkylation sites (tertiary alicyclic amines) is 1. The highest BCUT2D eigenvalue weighted by Crippen LogP contribution is 2.30. The Bertz CT molecular complexity index is 740. The average molecular weight is 386 g/mol. The van der Waals surface area contributed by atoms with Gasteiger partial charge in [0.2, 0.25) is 5.91 Å². The number of imide groups is 1. The number of hydrogen-bond acceptors (Lipinski definition) is 5. The van der Waals surface area contributed by atoms with Gasteiger partial charge < -0.3 is 15.0 Å². The summed E-state index contributed by atoms with van der Waals surface area (Å²) in [6.07, 6.45) is 1.12. The maximum absolute atomic E-state index is 13.0. The molecule has 3 fully saturated rings. The number of rotatable bonds is 4. The van der Waals surface area contributed by atoms with Crippen molar-refractivity contribution in [3.8, 4) is 0 Å². The van der Waals surface area contributed by atoms with Gasteiger partial charge in [-0.1, -0.05) is 30.3 Å². The van der Waals surface area contributed by atoms with Crippen molar-refractivity contribution in [3.05, 3.63) is 35.9 Å². The molecule has 1 aromatic rings. The molecular weight excluding hydrogens is 360 g/mol. The monoisotopic (exact) mass is 386 g/mol. The first-order chi connectivity index (χ1) is 13.6. The lowest BCUT2D eigenvalue weighted by Crippen LogP contribution is -2.55. The Morgan fingerprint density at radius 1 is 1.04 bits per heavy atom. The molecule has 0 saturated carbocycles. The lowest BCUT2D eigenvalue weighted by molar-refractivity contribution is -0.142. The normalized spacial score (nSPS) is 22.6. The van der Waals surface area contributed by atoms with E-state index in [1.54, 1.807) is 4.90 Å². The smallest absolute Gasteiger partial charge is 0.325 e. The second kappa shape index (κ2) is 7.89. The minimum atomic E-state index is -0.866. The van der Waals surface area contributed by atoms with E-state index in [4.69, 9.17) is 4.74 Å². The summed E-state index contributed by atoms with van der Waals surface area (Å²) in [5, 5.41) is 2.88. The molecule has 3 heterocycles. The number of nitrogens with zero attached hydrogens (tertiary/aromatic N) is 3. The Hall–Kier alpha value is -2.45. The van der Waals surface area contributed by atoms with E-state index in [2.05, 4.69) is 22.3 Å². The van der Waals surface area contributed by atoms with E-state index in [9.17, 15) is 14.4 Å². The van der Waals surface area contributed by atoms with Gasteiger partial charge in [0, 0.05) is 32.7 Å². The summed E-state index contributed by atoms with van der Waals surface area (Å²) in [4.78, 5) is 42.9. The molecule has 0 radical (unpaired) electrons. The van der Waals surface area contributed by atoms with Crippen LogP contribution >= 0.6 is 0 Å². The molecular formula is C20H26N4O4. The third kappa shape index (κ3) is 3.74. The van der Waals surface area contributed by atoms with E-state index in [-0.39, 0.29) is 18.4 Å². The number of benzene rings is 1. The van der Waals surface area contributed by atoms with Crippen molar-refractivity contribution in [1.82, 2.24) is 20.0 Å². The Morgan fingerprint density at radius 2 is 1.71 bits per heavy atom. The molecule has 1 N–H and O–H groups in total. The molecule has 1 spiro atoms. The molecule has 0 atom stereocenters. The summed E-state index contributed by atoms with van der Waals surface area (Å²) >= 11 is 0. The zero-order valence-corrected chi connectivity index (χ0v) is 15.9. The summed E-state index contributed by atoms with van der Waals surface area (Å²) in [6.45, 7) is 4.08. The number of hydrogen-bond donors (Lipinski definition) is 1. The molecule has 0 bridgehead atoms. The molecule has 28 heavy (non-hydrogen) atoms. The van der Waals surface area contributed by atoms with Crippen molar-refractivity contribution in [2.24, 2.45) is 0 Å². The SMILES string of the molecule is O=C(CN1C(=O)NC2(CCN(Cc3ccccc3)CC2)C1=O)N1CCOCC1. The number of morpholine rings is 1. The van der Waals surface area contributed by atoms with E-state index in [1.807, 2.05) is 18.2 Å². The van der Waals surface area contributed by atoms with Gasteiger partial charge in [0.25, 0.3) is 5.91 Å². The lowest BCUT2D eigenvalue weighted by Gasteiger charge is -2.37. The quantitative estimate of drug-likeness (QED) is 0.759. The zero-order valence-electron chi connectivity index (χ0n) is 15.9. The van der Waals surface area contributed by atoms with Gasteiger partial charge in [0.1, 0.15) is 12.1 Å². The summed E-state index contributed by atoms with van der Waals surface area (Å²) in [7, 11) is 0. The average Bonchev–Trinajstić information content (AvgIpc) is 2.95. The summed E-state index contributed by atoms with van der Waals surface area (Å²) in [6, 6.07) is 9.75. The van der Waals surface area contributed by atoms with E-state index in [0.717, 1.165) is 24.5 Å². The standard InChI is InChI=1S/C20H26N4O4/c25-17(23-10-12-28-13-11-23)15-24-18(26)20(21-19(24)27)6-8-22(9-7-20)14-16-4-2-1-3-5-16/h1-5H,6-15H2,(H,21,27). The largest absolute Gasteiger partial charge is 0.378 e. The van der Waals surface area contributed by atoms with Gasteiger partial charge in [-0.05, 0) is 18.4 Å². The van der Waals surface area contributed by atoms with E-state index in [0.29, 0.717) is 39.1 Å². The van der Waals surface area contributed by atoms with Crippen LogP contribution < -0.4 is 5.32 Å². The van der Waals surface area contributed by atoms with Crippen molar-refractivity contribution in [2.75, 3.05) is 45.9 Å². The molecule has 4 rings (SSSR count). The fraction of sp³-hybridized carbons (Fsp3) is 0.550. The Kier molecular flexibility index (Phi) is 5.32. The van der Waals surface area contributed by atoms with E-state index < -0.39 is 11.6 Å². The fourth-order valence-corrected chi connectivity index (χ4v) is 4.14. The van der Waals surface area contributed by atoms with Gasteiger partial charge in [-0.3, -0.25) is 19.4 Å². The van der Waals surface area contributed by atoms with Crippen LogP contribution in [0, 0.1) is 0 Å². The fourth-order valence-electron chi connectivity index (χ4n) is 4.14. The third-order valence-electron chi connectivity index (χ3n) is 5.86. The van der Waals surface area contributed by atoms with Gasteiger partial charge in [0.15, 0.2) is 0 Å². The van der Waals surface area contributed by atoms with Gasteiger partial charge >= 0.3 is 6.03 Å². The minimum absolute atomic E-state index is 0.194. The summed E-state index contributed by atoms with van der Waals surface area (Å²) < 4.78 is 5.25. The second-order valence-electron chi connectivity index (χ2n) is 7.66. The van der Waals surface area contributed by atoms with Crippen LogP contribution in [0.1, 0.15) is 18.4 Å². The topological polar surface area (TPSA) is 82.2 Å². The molecule has 8 nitrogen and oxygen atoms in total. The van der Waals surface area contributed by atoms with Crippen molar-refractivity contribution in [2.45, 2.75) is 24.9 Å². The first kappa shape index (κ1) is 18.9. The highest BCUT2D eigenvalue weighted by molar-refractivity contribution is 6.09. The van der Waals surface area contributed by atoms with Crippen molar-refractivity contribution in [1.29, 1.82) is 0 Å². The van der Waals surface area contributed by atoms with Crippen LogP contribution in [0.2, 0.25) is 0 Å². The molecule has 8 heteroatoms. The number of piperidine rings is 1. The first-order valence-electron chi connectivity index (χ1n) is 9.83. The number of urea groups is 1. The number of nitrogens with one attached hydrogen (secondary N) is 1. The Balaban J connectivity index is 1.35. The Morgan fingerprint density at radius 3 is 2.39 bits per heavy atom. The molecule has 1 aromatic carbocycles. The van der Waals surface area contributed by atoms with Crippen LogP contribution in [-0.2, 0) is 20.9 Å². The maximum Gasteiger partial charge on any atom is 0.325 e. The Labute approximate surface area is 164 Å². The van der Waals surface area contributed by atoms with Crippen LogP contribution in [0.25, 0.3) is 0 Å². The predicted octanol–water partition coefficient (Wildman–Crippen LogP) is 0.432. The molecule has 3 aliphatic rings. The van der Waals surface area contributed by atoms with Gasteiger partial charge in [-0.2, -0.15) is 0 Å². The summed E-state index contributed by atoms with van der Waals surface area (Å²) in [5.74, 6) is -0.469. The third-order valence-corrected chi connectivity index (χ3v) is 5.86. The van der Waals surface area contributed by atoms with Crippen LogP contribution in [0.15, 0.2) is 30.3 Å². The first-order valence-corrected chi connectivity index (χ1v) is 9.83. The maximum atomic E-state index is 13.0. The second-order valence-corrected chi connectivity index (χ2v) is 7.66. The molecule has 150 valence electrons. The number of carbonyl (C=O) groups is 3. The summed E-state index contributed by atoms with van der Waals surface area (Å²) in [5.41, 5.74) is 0.369. The lowest BCUT2D eigenvalue weighted by atomic mass is 9.87. The van der Waals surface area contributed by atoms with E-state index in [1.165, 1.54) is 5.56 Å². The van der Waals surface area contributed by atoms with Crippen LogP contribution in [0.4, 0.5) is 4.79 Å². The molecule has 0 aromatic heterocycles. The highest BCUT2D eigenvalue weighted by Gasteiger charge is 2.52. The predicted molar refractivity (Wildman–Crippen MR) is 101 cm³/mol. The highest BCUT2D eigenvalue weighted by atomic mass is 16.5. The molecule has 4 amide bonds. The number of ether oxygens (including phenoxy) is 1. The van der Waals surface area contributed by atoms with Crippen molar-refractivity contribution < 1.29 is 19.1 Å². The van der Waals surface area contributed by atoms with Crippen LogP contribution in [-0.4, -0.2) is 84.0 Å². The number of amides is 4. The van der Waals surface area contributed by atoms with Gasteiger partial charge in [0.05, 0.1) is 13.2 Å².